The maximum atomic E-state index is 13.1. The lowest BCUT2D eigenvalue weighted by Gasteiger charge is -2.30. The van der Waals surface area contributed by atoms with Crippen LogP contribution in [0.4, 0.5) is 47.3 Å². The number of unbranched alkanes of at least 4 members (excludes halogenated alkanes) is 1. The van der Waals surface area contributed by atoms with Crippen molar-refractivity contribution in [3.63, 3.8) is 0 Å². The number of para-hydroxylation sites is 2. The van der Waals surface area contributed by atoms with Crippen LogP contribution in [-0.2, 0) is 14.3 Å². The van der Waals surface area contributed by atoms with E-state index in [0.717, 1.165) is 16.2 Å². The van der Waals surface area contributed by atoms with Crippen LogP contribution in [0.1, 0.15) is 51.9 Å². The maximum absolute atomic E-state index is 13.1. The molecule has 14 heteroatoms. The number of hydrogen-bond acceptors (Lipinski definition) is 5. The number of rotatable bonds is 10. The van der Waals surface area contributed by atoms with Gasteiger partial charge in [-0.1, -0.05) is 25.5 Å². The molecule has 1 unspecified atom stereocenters. The molecule has 1 aromatic carbocycles. The molecule has 0 bridgehead atoms. The fraction of sp³-hybridized carbons (Fsp3) is 0.609. The molecule has 0 aliphatic carbocycles. The minimum atomic E-state index is -4.45. The third-order valence-electron chi connectivity index (χ3n) is 5.30. The molecule has 0 radical (unpaired) electrons. The first-order valence-electron chi connectivity index (χ1n) is 11.7. The first-order valence-corrected chi connectivity index (χ1v) is 11.7. The average molecular weight is 541 g/mol. The normalized spacial score (nSPS) is 16.2. The highest BCUT2D eigenvalue weighted by Crippen LogP contribution is 2.36. The van der Waals surface area contributed by atoms with Gasteiger partial charge in [0, 0.05) is 19.4 Å². The van der Waals surface area contributed by atoms with Crippen molar-refractivity contribution in [1.29, 1.82) is 0 Å². The van der Waals surface area contributed by atoms with E-state index < -0.39 is 75.3 Å². The highest BCUT2D eigenvalue weighted by molar-refractivity contribution is 6.04. The number of halogens is 6. The van der Waals surface area contributed by atoms with Gasteiger partial charge in [0.05, 0.1) is 31.0 Å². The summed E-state index contributed by atoms with van der Waals surface area (Å²) in [4.78, 5) is 40.4. The van der Waals surface area contributed by atoms with E-state index in [1.54, 1.807) is 0 Å². The lowest BCUT2D eigenvalue weighted by Crippen LogP contribution is -2.52. The molecule has 2 rings (SSSR count). The Kier molecular flexibility index (Phi) is 10.9. The van der Waals surface area contributed by atoms with E-state index >= 15 is 0 Å². The highest BCUT2D eigenvalue weighted by Gasteiger charge is 2.38. The van der Waals surface area contributed by atoms with Crippen LogP contribution in [0.5, 0.6) is 0 Å². The number of nitrogens with zero attached hydrogens (tertiary/aromatic N) is 2. The minimum Gasteiger partial charge on any atom is -0.450 e. The number of anilines is 2. The van der Waals surface area contributed by atoms with E-state index in [1.165, 1.54) is 24.3 Å². The van der Waals surface area contributed by atoms with Gasteiger partial charge in [-0.25, -0.2) is 9.59 Å². The molecule has 3 amide bonds. The van der Waals surface area contributed by atoms with Crippen molar-refractivity contribution in [1.82, 2.24) is 5.32 Å². The van der Waals surface area contributed by atoms with Crippen molar-refractivity contribution in [2.75, 3.05) is 29.6 Å². The lowest BCUT2D eigenvalue weighted by atomic mass is 10.2. The van der Waals surface area contributed by atoms with Gasteiger partial charge in [0.1, 0.15) is 6.17 Å². The Bertz CT molecular complexity index is 925. The third-order valence-corrected chi connectivity index (χ3v) is 5.30. The fourth-order valence-electron chi connectivity index (χ4n) is 3.58. The Morgan fingerprint density at radius 2 is 1.54 bits per heavy atom. The maximum Gasteiger partial charge on any atom is 0.416 e. The molecule has 1 N–H and O–H groups in total. The summed E-state index contributed by atoms with van der Waals surface area (Å²) in [5, 5.41) is 2.39. The molecule has 0 saturated carbocycles. The summed E-state index contributed by atoms with van der Waals surface area (Å²) in [5.41, 5.74) is 0.116. The van der Waals surface area contributed by atoms with Gasteiger partial charge in [-0.05, 0) is 31.4 Å². The Balaban J connectivity index is 2.32. The molecule has 0 fully saturated rings. The molecule has 1 heterocycles. The summed E-state index contributed by atoms with van der Waals surface area (Å²) >= 11 is 0. The van der Waals surface area contributed by atoms with Crippen molar-refractivity contribution >= 4 is 29.5 Å². The van der Waals surface area contributed by atoms with Crippen LogP contribution in [0.25, 0.3) is 0 Å². The summed E-state index contributed by atoms with van der Waals surface area (Å²) < 4.78 is 85.5. The summed E-state index contributed by atoms with van der Waals surface area (Å²) in [5.74, 6) is -0.680. The zero-order chi connectivity index (χ0) is 27.6. The van der Waals surface area contributed by atoms with Crippen LogP contribution in [0.15, 0.2) is 24.3 Å². The van der Waals surface area contributed by atoms with E-state index in [-0.39, 0.29) is 24.5 Å². The second kappa shape index (κ2) is 13.4. The van der Waals surface area contributed by atoms with Crippen LogP contribution >= 0.6 is 0 Å². The summed E-state index contributed by atoms with van der Waals surface area (Å²) in [6.45, 7) is 1.02. The van der Waals surface area contributed by atoms with Crippen LogP contribution in [0.2, 0.25) is 0 Å². The Labute approximate surface area is 209 Å². The topological polar surface area (TPSA) is 88.2 Å². The Morgan fingerprint density at radius 1 is 0.946 bits per heavy atom. The van der Waals surface area contributed by atoms with Crippen LogP contribution in [0, 0.1) is 0 Å². The number of amides is 3. The molecule has 208 valence electrons. The zero-order valence-corrected chi connectivity index (χ0v) is 20.2. The van der Waals surface area contributed by atoms with E-state index in [9.17, 15) is 40.7 Å². The SMILES string of the molecule is CCCCOC(=O)NC1CC(=O)N(CCCC(F)(F)F)c2ccccc2N1C(=O)OCCCC(F)(F)F. The van der Waals surface area contributed by atoms with Crippen molar-refractivity contribution in [3.8, 4) is 0 Å². The predicted molar refractivity (Wildman–Crippen MR) is 121 cm³/mol. The van der Waals surface area contributed by atoms with E-state index in [4.69, 9.17) is 9.47 Å². The molecule has 1 aliphatic rings. The third kappa shape index (κ3) is 10.00. The van der Waals surface area contributed by atoms with E-state index in [2.05, 4.69) is 5.32 Å². The molecule has 8 nitrogen and oxygen atoms in total. The molecule has 0 saturated heterocycles. The number of benzene rings is 1. The first-order chi connectivity index (χ1) is 17.3. The van der Waals surface area contributed by atoms with Gasteiger partial charge in [-0.3, -0.25) is 9.69 Å². The number of hydrogen-bond donors (Lipinski definition) is 1. The quantitative estimate of drug-likeness (QED) is 0.294. The molecular formula is C23H29F6N3O5. The number of fused-ring (bicyclic) bond motifs is 1. The zero-order valence-electron chi connectivity index (χ0n) is 20.2. The number of alkyl carbamates (subject to hydrolysis) is 1. The van der Waals surface area contributed by atoms with Crippen molar-refractivity contribution in [2.24, 2.45) is 0 Å². The fourth-order valence-corrected chi connectivity index (χ4v) is 3.58. The second-order valence-corrected chi connectivity index (χ2v) is 8.31. The summed E-state index contributed by atoms with van der Waals surface area (Å²) in [6.07, 6.45) is -14.9. The smallest absolute Gasteiger partial charge is 0.416 e. The molecule has 1 aliphatic heterocycles. The molecule has 37 heavy (non-hydrogen) atoms. The van der Waals surface area contributed by atoms with E-state index in [1.807, 2.05) is 6.92 Å². The molecule has 1 aromatic rings. The Morgan fingerprint density at radius 3 is 2.16 bits per heavy atom. The number of alkyl halides is 6. The van der Waals surface area contributed by atoms with E-state index in [0.29, 0.717) is 6.42 Å². The largest absolute Gasteiger partial charge is 0.450 e. The van der Waals surface area contributed by atoms with Crippen molar-refractivity contribution < 1.29 is 50.2 Å². The molecule has 0 aromatic heterocycles. The van der Waals surface area contributed by atoms with Crippen molar-refractivity contribution in [3.05, 3.63) is 24.3 Å². The number of ether oxygens (including phenoxy) is 2. The van der Waals surface area contributed by atoms with Gasteiger partial charge in [0.2, 0.25) is 5.91 Å². The molecular weight excluding hydrogens is 512 g/mol. The lowest BCUT2D eigenvalue weighted by molar-refractivity contribution is -0.137. The second-order valence-electron chi connectivity index (χ2n) is 8.31. The van der Waals surface area contributed by atoms with Crippen LogP contribution < -0.4 is 15.1 Å². The molecule has 1 atom stereocenters. The number of carbonyl (C=O) groups is 3. The van der Waals surface area contributed by atoms with Gasteiger partial charge >= 0.3 is 24.5 Å². The highest BCUT2D eigenvalue weighted by atomic mass is 19.4. The Hall–Kier alpha value is -3.19. The summed E-state index contributed by atoms with van der Waals surface area (Å²) in [7, 11) is 0. The standard InChI is InChI=1S/C23H29F6N3O5/c1-2-3-13-36-20(34)30-18-15-19(33)31(12-6-10-22(24,25)26)16-8-4-5-9-17(16)32(18)21(35)37-14-7-11-23(27,28)29/h4-5,8-9,18H,2-3,6-7,10-15H2,1H3,(H,30,34). The number of carbonyl (C=O) groups excluding carboxylic acids is 3. The monoisotopic (exact) mass is 541 g/mol. The summed E-state index contributed by atoms with van der Waals surface area (Å²) in [6, 6.07) is 5.79. The van der Waals surface area contributed by atoms with Gasteiger partial charge in [0.25, 0.3) is 0 Å². The minimum absolute atomic E-state index is 0.0278. The number of nitrogens with one attached hydrogen (secondary N) is 1. The average Bonchev–Trinajstić information content (AvgIpc) is 2.89. The van der Waals surface area contributed by atoms with Gasteiger partial charge in [-0.2, -0.15) is 26.3 Å². The van der Waals surface area contributed by atoms with Gasteiger partial charge in [0.15, 0.2) is 0 Å². The van der Waals surface area contributed by atoms with Gasteiger partial charge < -0.3 is 19.7 Å². The van der Waals surface area contributed by atoms with Crippen LogP contribution in [0.3, 0.4) is 0 Å². The van der Waals surface area contributed by atoms with Gasteiger partial charge in [-0.15, -0.1) is 0 Å². The predicted octanol–water partition coefficient (Wildman–Crippen LogP) is 5.90. The first kappa shape index (κ1) is 30.0. The van der Waals surface area contributed by atoms with Crippen molar-refractivity contribution in [2.45, 2.75) is 70.4 Å². The van der Waals surface area contributed by atoms with Crippen LogP contribution in [-0.4, -0.2) is 56.4 Å². The molecule has 0 spiro atoms.